The van der Waals surface area contributed by atoms with Gasteiger partial charge < -0.3 is 5.32 Å². The summed E-state index contributed by atoms with van der Waals surface area (Å²) in [4.78, 5) is 0.326. The minimum atomic E-state index is -3.85. The first-order chi connectivity index (χ1) is 14.4. The van der Waals surface area contributed by atoms with E-state index in [1.807, 2.05) is 18.2 Å². The number of nitrogens with one attached hydrogen (secondary N) is 1. The van der Waals surface area contributed by atoms with Gasteiger partial charge in [-0.2, -0.15) is 0 Å². The first kappa shape index (κ1) is 23.1. The van der Waals surface area contributed by atoms with Crippen LogP contribution >= 0.6 is 23.2 Å². The van der Waals surface area contributed by atoms with Gasteiger partial charge in [0.05, 0.1) is 15.5 Å². The van der Waals surface area contributed by atoms with Crippen molar-refractivity contribution in [2.45, 2.75) is 23.8 Å². The Balaban J connectivity index is 0.00000272. The van der Waals surface area contributed by atoms with Crippen LogP contribution in [0.3, 0.4) is 0 Å². The molecule has 0 bridgehead atoms. The minimum absolute atomic E-state index is 0. The molecule has 0 atom stereocenters. The Morgan fingerprint density at radius 1 is 0.839 bits per heavy atom. The predicted molar refractivity (Wildman–Crippen MR) is 126 cm³/mol. The lowest BCUT2D eigenvalue weighted by molar-refractivity contribution is 0.596. The first-order valence-corrected chi connectivity index (χ1v) is 11.3. The van der Waals surface area contributed by atoms with Crippen LogP contribution in [0.25, 0.3) is 10.8 Å². The molecule has 0 aliphatic carbocycles. The van der Waals surface area contributed by atoms with Gasteiger partial charge in [-0.1, -0.05) is 67.0 Å². The molecular weight excluding hydrogens is 456 g/mol. The zero-order valence-electron chi connectivity index (χ0n) is 15.6. The van der Waals surface area contributed by atoms with Gasteiger partial charge in [0.1, 0.15) is 5.82 Å². The highest BCUT2D eigenvalue weighted by Gasteiger charge is 2.24. The van der Waals surface area contributed by atoms with Crippen LogP contribution in [0, 0.1) is 5.82 Å². The fourth-order valence-corrected chi connectivity index (χ4v) is 5.28. The third-order valence-corrected chi connectivity index (χ3v) is 7.15. The lowest BCUT2D eigenvalue weighted by Crippen LogP contribution is -2.10. The van der Waals surface area contributed by atoms with Crippen LogP contribution in [0.15, 0.2) is 88.7 Å². The molecule has 0 unspecified atom stereocenters. The van der Waals surface area contributed by atoms with Crippen molar-refractivity contribution in [1.82, 2.24) is 0 Å². The van der Waals surface area contributed by atoms with Crippen LogP contribution in [0.4, 0.5) is 10.1 Å². The van der Waals surface area contributed by atoms with Gasteiger partial charge in [-0.15, -0.1) is 0 Å². The SMILES string of the molecule is C.O=S(=O)(c1ccc(Cl)cc1)c1c(CNc2ccc(Cl)cc2F)ccc2ccccc12. The molecule has 3 nitrogen and oxygen atoms in total. The topological polar surface area (TPSA) is 46.2 Å². The second kappa shape index (κ2) is 9.27. The molecule has 0 saturated carbocycles. The Hall–Kier alpha value is -2.60. The van der Waals surface area contributed by atoms with Gasteiger partial charge in [-0.05, 0) is 53.4 Å². The number of fused-ring (bicyclic) bond motifs is 1. The van der Waals surface area contributed by atoms with E-state index in [1.54, 1.807) is 36.4 Å². The van der Waals surface area contributed by atoms with Gasteiger partial charge in [0, 0.05) is 22.0 Å². The Kier molecular flexibility index (Phi) is 6.90. The molecular formula is C24H20Cl2FNO2S. The van der Waals surface area contributed by atoms with Crippen molar-refractivity contribution >= 4 is 49.5 Å². The average molecular weight is 476 g/mol. The molecule has 0 spiro atoms. The standard InChI is InChI=1S/C23H16Cl2FNO2S.CH4/c24-17-7-10-19(11-8-17)30(28,29)23-16(6-5-15-3-1-2-4-20(15)23)14-27-22-12-9-18(25)13-21(22)26;/h1-13,27H,14H2;1H4. The Labute approximate surface area is 191 Å². The lowest BCUT2D eigenvalue weighted by atomic mass is 10.1. The number of rotatable bonds is 5. The van der Waals surface area contributed by atoms with Gasteiger partial charge in [0.2, 0.25) is 9.84 Å². The molecule has 0 fully saturated rings. The molecule has 0 aliphatic rings. The number of hydrogen-bond acceptors (Lipinski definition) is 3. The Bertz CT molecular complexity index is 1340. The van der Waals surface area contributed by atoms with E-state index in [1.165, 1.54) is 24.3 Å². The molecule has 0 amide bonds. The summed E-state index contributed by atoms with van der Waals surface area (Å²) >= 11 is 11.7. The monoisotopic (exact) mass is 475 g/mol. The number of anilines is 1. The fraction of sp³-hybridized carbons (Fsp3) is 0.0833. The molecule has 0 saturated heterocycles. The molecule has 4 rings (SSSR count). The molecule has 0 aliphatic heterocycles. The predicted octanol–water partition coefficient (Wildman–Crippen LogP) is 7.37. The molecule has 160 valence electrons. The highest BCUT2D eigenvalue weighted by Crippen LogP contribution is 2.33. The normalized spacial score (nSPS) is 11.2. The summed E-state index contributed by atoms with van der Waals surface area (Å²) in [5.41, 5.74) is 0.764. The van der Waals surface area contributed by atoms with E-state index in [0.29, 0.717) is 16.0 Å². The van der Waals surface area contributed by atoms with E-state index in [9.17, 15) is 12.8 Å². The second-order valence-electron chi connectivity index (χ2n) is 6.71. The van der Waals surface area contributed by atoms with Crippen LogP contribution in [-0.2, 0) is 16.4 Å². The van der Waals surface area contributed by atoms with Gasteiger partial charge in [-0.25, -0.2) is 12.8 Å². The number of halogens is 3. The van der Waals surface area contributed by atoms with Crippen molar-refractivity contribution in [2.75, 3.05) is 5.32 Å². The molecule has 7 heteroatoms. The van der Waals surface area contributed by atoms with E-state index in [2.05, 4.69) is 5.32 Å². The van der Waals surface area contributed by atoms with E-state index in [0.717, 1.165) is 5.39 Å². The second-order valence-corrected chi connectivity index (χ2v) is 9.47. The van der Waals surface area contributed by atoms with Crippen LogP contribution in [0.1, 0.15) is 13.0 Å². The van der Waals surface area contributed by atoms with Crippen LogP contribution < -0.4 is 5.32 Å². The molecule has 1 N–H and O–H groups in total. The summed E-state index contributed by atoms with van der Waals surface area (Å²) in [6.07, 6.45) is 0. The van der Waals surface area contributed by atoms with Crippen LogP contribution in [0.2, 0.25) is 10.0 Å². The summed E-state index contributed by atoms with van der Waals surface area (Å²) in [6.45, 7) is 0.117. The van der Waals surface area contributed by atoms with Crippen molar-refractivity contribution in [3.63, 3.8) is 0 Å². The summed E-state index contributed by atoms with van der Waals surface area (Å²) in [5.74, 6) is -0.509. The zero-order chi connectivity index (χ0) is 21.3. The van der Waals surface area contributed by atoms with E-state index in [-0.39, 0.29) is 34.5 Å². The van der Waals surface area contributed by atoms with E-state index < -0.39 is 15.7 Å². The molecule has 0 heterocycles. The summed E-state index contributed by atoms with van der Waals surface area (Å²) < 4.78 is 41.2. The third kappa shape index (κ3) is 4.69. The maximum atomic E-state index is 14.2. The van der Waals surface area contributed by atoms with Crippen molar-refractivity contribution in [1.29, 1.82) is 0 Å². The van der Waals surface area contributed by atoms with Crippen LogP contribution in [0.5, 0.6) is 0 Å². The first-order valence-electron chi connectivity index (χ1n) is 9.06. The summed E-state index contributed by atoms with van der Waals surface area (Å²) in [7, 11) is -3.85. The average Bonchev–Trinajstić information content (AvgIpc) is 2.73. The maximum absolute atomic E-state index is 14.2. The summed E-state index contributed by atoms with van der Waals surface area (Å²) in [5, 5.41) is 5.11. The molecule has 0 aromatic heterocycles. The minimum Gasteiger partial charge on any atom is -0.379 e. The molecule has 0 radical (unpaired) electrons. The fourth-order valence-electron chi connectivity index (χ4n) is 3.30. The largest absolute Gasteiger partial charge is 0.379 e. The molecule has 4 aromatic carbocycles. The van der Waals surface area contributed by atoms with Crippen LogP contribution in [-0.4, -0.2) is 8.42 Å². The highest BCUT2D eigenvalue weighted by molar-refractivity contribution is 7.91. The lowest BCUT2D eigenvalue weighted by Gasteiger charge is -2.16. The molecule has 31 heavy (non-hydrogen) atoms. The zero-order valence-corrected chi connectivity index (χ0v) is 17.9. The number of hydrogen-bond donors (Lipinski definition) is 1. The van der Waals surface area contributed by atoms with Crippen molar-refractivity contribution in [2.24, 2.45) is 0 Å². The van der Waals surface area contributed by atoms with Crippen molar-refractivity contribution in [3.8, 4) is 0 Å². The smallest absolute Gasteiger partial charge is 0.207 e. The van der Waals surface area contributed by atoms with Gasteiger partial charge in [-0.3, -0.25) is 0 Å². The Morgan fingerprint density at radius 3 is 2.23 bits per heavy atom. The van der Waals surface area contributed by atoms with Crippen molar-refractivity contribution in [3.05, 3.63) is 100 Å². The van der Waals surface area contributed by atoms with E-state index in [4.69, 9.17) is 23.2 Å². The number of sulfone groups is 1. The maximum Gasteiger partial charge on any atom is 0.207 e. The Morgan fingerprint density at radius 2 is 1.52 bits per heavy atom. The van der Waals surface area contributed by atoms with E-state index >= 15 is 0 Å². The number of benzene rings is 4. The van der Waals surface area contributed by atoms with Gasteiger partial charge in [0.25, 0.3) is 0 Å². The third-order valence-electron chi connectivity index (χ3n) is 4.75. The van der Waals surface area contributed by atoms with Crippen molar-refractivity contribution < 1.29 is 12.8 Å². The van der Waals surface area contributed by atoms with Gasteiger partial charge >= 0.3 is 0 Å². The van der Waals surface area contributed by atoms with Gasteiger partial charge in [0.15, 0.2) is 0 Å². The highest BCUT2D eigenvalue weighted by atomic mass is 35.5. The molecule has 4 aromatic rings. The summed E-state index contributed by atoms with van der Waals surface area (Å²) in [6, 6.07) is 21.2. The quantitative estimate of drug-likeness (QED) is 0.327.